The number of halogens is 1. The third kappa shape index (κ3) is 7.89. The Hall–Kier alpha value is -4.29. The van der Waals surface area contributed by atoms with E-state index in [-0.39, 0.29) is 12.6 Å². The topological polar surface area (TPSA) is 186 Å². The average molecular weight is 579 g/mol. The van der Waals surface area contributed by atoms with Gasteiger partial charge in [-0.25, -0.2) is 4.98 Å². The zero-order chi connectivity index (χ0) is 29.2. The number of unbranched alkanes of at least 4 members (excludes halogenated alkanes) is 1. The molecule has 7 N–H and O–H groups in total. The number of hydrogen-bond acceptors (Lipinski definition) is 8. The molecule has 0 unspecified atom stereocenters. The number of imidazole rings is 1. The van der Waals surface area contributed by atoms with Gasteiger partial charge in [-0.1, -0.05) is 73.5 Å². The number of tetrazole rings is 1. The molecular formula is C28H35ClN10O2. The molecule has 0 aliphatic rings. The Bertz CT molecular complexity index is 1440. The Morgan fingerprint density at radius 2 is 1.93 bits per heavy atom. The van der Waals surface area contributed by atoms with E-state index in [4.69, 9.17) is 33.2 Å². The molecule has 0 saturated heterocycles. The number of esters is 1. The Labute approximate surface area is 243 Å². The Kier molecular flexibility index (Phi) is 10.4. The van der Waals surface area contributed by atoms with E-state index in [1.165, 1.54) is 0 Å². The summed E-state index contributed by atoms with van der Waals surface area (Å²) < 4.78 is 7.58. The molecule has 4 rings (SSSR count). The molecule has 2 aromatic carbocycles. The molecule has 0 aliphatic heterocycles. The Morgan fingerprint density at radius 3 is 2.61 bits per heavy atom. The van der Waals surface area contributed by atoms with Crippen molar-refractivity contribution in [2.24, 2.45) is 11.5 Å². The number of ether oxygens (including phenoxy) is 1. The summed E-state index contributed by atoms with van der Waals surface area (Å²) in [7, 11) is 0. The monoisotopic (exact) mass is 578 g/mol. The van der Waals surface area contributed by atoms with E-state index in [1.807, 2.05) is 28.8 Å². The minimum atomic E-state index is -0.790. The molecule has 216 valence electrons. The summed E-state index contributed by atoms with van der Waals surface area (Å²) in [6.07, 6.45) is 3.69. The summed E-state index contributed by atoms with van der Waals surface area (Å²) in [6.45, 7) is 3.06. The number of carbonyl (C=O) groups excluding carboxylic acids is 1. The number of nitrogens with zero attached hydrogens (tertiary/aromatic N) is 5. The van der Waals surface area contributed by atoms with Crippen molar-refractivity contribution in [2.45, 2.75) is 58.2 Å². The molecule has 0 amide bonds. The van der Waals surface area contributed by atoms with Crippen molar-refractivity contribution < 1.29 is 9.53 Å². The SMILES string of the molecule is CCCCc1nc(Cl)c(COC(=O)[C@@H](N)CCCNC(=N)N)n1Cc1ccc(-c2ccccc2-c2nn[nH]n2)cc1. The van der Waals surface area contributed by atoms with Crippen LogP contribution in [-0.4, -0.2) is 54.7 Å². The van der Waals surface area contributed by atoms with Crippen LogP contribution >= 0.6 is 11.6 Å². The fraction of sp³-hybridized carbons (Fsp3) is 0.357. The number of guanidine groups is 1. The van der Waals surface area contributed by atoms with Gasteiger partial charge in [0.1, 0.15) is 18.5 Å². The van der Waals surface area contributed by atoms with E-state index in [1.54, 1.807) is 0 Å². The van der Waals surface area contributed by atoms with Gasteiger partial charge in [-0.3, -0.25) is 10.2 Å². The number of rotatable bonds is 14. The summed E-state index contributed by atoms with van der Waals surface area (Å²) in [6, 6.07) is 15.3. The van der Waals surface area contributed by atoms with Gasteiger partial charge in [-0.2, -0.15) is 5.21 Å². The van der Waals surface area contributed by atoms with E-state index < -0.39 is 12.0 Å². The highest BCUT2D eigenvalue weighted by Gasteiger charge is 2.20. The molecular weight excluding hydrogens is 544 g/mol. The molecule has 0 fully saturated rings. The molecule has 0 bridgehead atoms. The maximum absolute atomic E-state index is 12.6. The zero-order valence-corrected chi connectivity index (χ0v) is 23.7. The predicted octanol–water partition coefficient (Wildman–Crippen LogP) is 3.41. The number of benzene rings is 2. The summed E-state index contributed by atoms with van der Waals surface area (Å²) in [4.78, 5) is 17.2. The highest BCUT2D eigenvalue weighted by atomic mass is 35.5. The molecule has 0 aliphatic carbocycles. The quantitative estimate of drug-likeness (QED) is 0.0646. The first kappa shape index (κ1) is 29.7. The first-order valence-corrected chi connectivity index (χ1v) is 13.9. The number of aryl methyl sites for hydroxylation is 1. The van der Waals surface area contributed by atoms with Gasteiger partial charge in [-0.15, -0.1) is 10.2 Å². The van der Waals surface area contributed by atoms with Crippen LogP contribution in [0.15, 0.2) is 48.5 Å². The number of nitrogens with one attached hydrogen (secondary N) is 3. The van der Waals surface area contributed by atoms with Crippen molar-refractivity contribution in [1.29, 1.82) is 5.41 Å². The largest absolute Gasteiger partial charge is 0.458 e. The number of H-pyrrole nitrogens is 1. The highest BCUT2D eigenvalue weighted by molar-refractivity contribution is 6.30. The summed E-state index contributed by atoms with van der Waals surface area (Å²) in [5.74, 6) is 0.738. The van der Waals surface area contributed by atoms with Crippen LogP contribution in [0.4, 0.5) is 0 Å². The lowest BCUT2D eigenvalue weighted by atomic mass is 9.98. The fourth-order valence-corrected chi connectivity index (χ4v) is 4.70. The van der Waals surface area contributed by atoms with Gasteiger partial charge in [0.2, 0.25) is 5.82 Å². The van der Waals surface area contributed by atoms with Gasteiger partial charge in [-0.05, 0) is 41.2 Å². The van der Waals surface area contributed by atoms with Gasteiger partial charge in [0.15, 0.2) is 11.1 Å². The number of nitrogens with two attached hydrogens (primary N) is 2. The van der Waals surface area contributed by atoms with Crippen LogP contribution in [0, 0.1) is 5.41 Å². The number of carbonyl (C=O) groups is 1. The lowest BCUT2D eigenvalue weighted by Crippen LogP contribution is -2.35. The van der Waals surface area contributed by atoms with Crippen molar-refractivity contribution in [1.82, 2.24) is 35.5 Å². The van der Waals surface area contributed by atoms with Gasteiger partial charge < -0.3 is 26.1 Å². The van der Waals surface area contributed by atoms with Crippen molar-refractivity contribution in [3.05, 3.63) is 70.8 Å². The minimum absolute atomic E-state index is 0.0354. The molecule has 13 heteroatoms. The van der Waals surface area contributed by atoms with E-state index in [2.05, 4.69) is 62.1 Å². The molecule has 2 heterocycles. The molecule has 41 heavy (non-hydrogen) atoms. The van der Waals surface area contributed by atoms with Crippen LogP contribution in [0.1, 0.15) is 49.7 Å². The van der Waals surface area contributed by atoms with Gasteiger partial charge in [0.25, 0.3) is 0 Å². The zero-order valence-electron chi connectivity index (χ0n) is 22.9. The Balaban J connectivity index is 1.49. The van der Waals surface area contributed by atoms with Gasteiger partial charge in [0.05, 0.1) is 5.69 Å². The molecule has 0 spiro atoms. The van der Waals surface area contributed by atoms with E-state index in [9.17, 15) is 4.79 Å². The fourth-order valence-electron chi connectivity index (χ4n) is 4.44. The number of aromatic amines is 1. The van der Waals surface area contributed by atoms with Crippen LogP contribution in [0.5, 0.6) is 0 Å². The van der Waals surface area contributed by atoms with E-state index in [0.29, 0.717) is 42.6 Å². The molecule has 1 atom stereocenters. The number of hydrogen-bond donors (Lipinski definition) is 5. The average Bonchev–Trinajstić information content (AvgIpc) is 3.61. The van der Waals surface area contributed by atoms with E-state index >= 15 is 0 Å². The third-order valence-electron chi connectivity index (χ3n) is 6.64. The molecule has 2 aromatic heterocycles. The van der Waals surface area contributed by atoms with Crippen molar-refractivity contribution in [3.8, 4) is 22.5 Å². The smallest absolute Gasteiger partial charge is 0.323 e. The lowest BCUT2D eigenvalue weighted by molar-refractivity contribution is -0.146. The predicted molar refractivity (Wildman–Crippen MR) is 157 cm³/mol. The van der Waals surface area contributed by atoms with Crippen molar-refractivity contribution in [2.75, 3.05) is 6.54 Å². The second-order valence-corrected chi connectivity index (χ2v) is 9.99. The standard InChI is InChI=1S/C28H35ClN10O2/c1-2-3-10-24-34-25(29)23(17-41-27(40)22(30)9-6-15-33-28(31)32)39(24)16-18-11-13-19(14-12-18)20-7-4-5-8-21(20)26-35-37-38-36-26/h4-5,7-8,11-14,22H,2-3,6,9-10,15-17,30H2,1H3,(H4,31,32,33)(H,35,36,37,38)/t22-/m0/s1. The van der Waals surface area contributed by atoms with Crippen LogP contribution < -0.4 is 16.8 Å². The molecule has 0 radical (unpaired) electrons. The lowest BCUT2D eigenvalue weighted by Gasteiger charge is -2.15. The van der Waals surface area contributed by atoms with E-state index in [0.717, 1.165) is 47.3 Å². The summed E-state index contributed by atoms with van der Waals surface area (Å²) in [5, 5.41) is 24.6. The first-order chi connectivity index (χ1) is 19.9. The molecule has 12 nitrogen and oxygen atoms in total. The van der Waals surface area contributed by atoms with Crippen LogP contribution in [0.3, 0.4) is 0 Å². The second kappa shape index (κ2) is 14.4. The minimum Gasteiger partial charge on any atom is -0.458 e. The third-order valence-corrected chi connectivity index (χ3v) is 6.94. The first-order valence-electron chi connectivity index (χ1n) is 13.5. The summed E-state index contributed by atoms with van der Waals surface area (Å²) in [5.41, 5.74) is 15.9. The normalized spacial score (nSPS) is 11.8. The summed E-state index contributed by atoms with van der Waals surface area (Å²) >= 11 is 6.55. The highest BCUT2D eigenvalue weighted by Crippen LogP contribution is 2.30. The van der Waals surface area contributed by atoms with Gasteiger partial charge in [0, 0.05) is 25.1 Å². The number of aromatic nitrogens is 6. The van der Waals surface area contributed by atoms with Crippen molar-refractivity contribution in [3.63, 3.8) is 0 Å². The van der Waals surface area contributed by atoms with Crippen LogP contribution in [0.25, 0.3) is 22.5 Å². The van der Waals surface area contributed by atoms with Crippen LogP contribution in [-0.2, 0) is 29.1 Å². The second-order valence-electron chi connectivity index (χ2n) is 9.63. The maximum Gasteiger partial charge on any atom is 0.323 e. The molecule has 4 aromatic rings. The molecule has 0 saturated carbocycles. The van der Waals surface area contributed by atoms with Crippen molar-refractivity contribution >= 4 is 23.5 Å². The maximum atomic E-state index is 12.6. The van der Waals surface area contributed by atoms with Gasteiger partial charge >= 0.3 is 5.97 Å². The Morgan fingerprint density at radius 1 is 1.17 bits per heavy atom. The van der Waals surface area contributed by atoms with Crippen LogP contribution in [0.2, 0.25) is 5.15 Å².